The number of aromatic carboxylic acids is 1. The Labute approximate surface area is 163 Å². The molecule has 0 saturated heterocycles. The smallest absolute Gasteiger partial charge is 0.345 e. The summed E-state index contributed by atoms with van der Waals surface area (Å²) in [5.74, 6) is -1.22. The third kappa shape index (κ3) is 3.37. The third-order valence-electron chi connectivity index (χ3n) is 5.29. The second-order valence-corrected chi connectivity index (χ2v) is 7.61. The van der Waals surface area contributed by atoms with Gasteiger partial charge in [0.25, 0.3) is 5.56 Å². The molecule has 3 N–H and O–H groups in total. The van der Waals surface area contributed by atoms with E-state index < -0.39 is 22.8 Å². The lowest BCUT2D eigenvalue weighted by molar-refractivity contribution is 0.0691. The lowest BCUT2D eigenvalue weighted by atomic mass is 9.76. The fourth-order valence-corrected chi connectivity index (χ4v) is 3.73. The first-order chi connectivity index (χ1) is 13.3. The number of carboxylic acid groups (broad SMARTS) is 1. The Bertz CT molecular complexity index is 978. The van der Waals surface area contributed by atoms with Gasteiger partial charge in [0, 0.05) is 5.56 Å². The van der Waals surface area contributed by atoms with Crippen LogP contribution in [0.3, 0.4) is 0 Å². The molecule has 7 heteroatoms. The number of fused-ring (bicyclic) bond motifs is 3. The van der Waals surface area contributed by atoms with Gasteiger partial charge >= 0.3 is 5.97 Å². The molecule has 2 aromatic rings. The molecule has 0 saturated carbocycles. The molecule has 1 aliphatic carbocycles. The summed E-state index contributed by atoms with van der Waals surface area (Å²) in [6.07, 6.45) is 2.57. The Morgan fingerprint density at radius 1 is 1.43 bits per heavy atom. The van der Waals surface area contributed by atoms with Crippen molar-refractivity contribution >= 4 is 5.97 Å². The topological polar surface area (TPSA) is 113 Å². The van der Waals surface area contributed by atoms with E-state index in [0.29, 0.717) is 41.4 Å². The van der Waals surface area contributed by atoms with Crippen LogP contribution in [0, 0.1) is 12.8 Å². The summed E-state index contributed by atoms with van der Waals surface area (Å²) in [6.45, 7) is 8.55. The van der Waals surface area contributed by atoms with Gasteiger partial charge in [-0.2, -0.15) is 0 Å². The molecule has 0 amide bonds. The van der Waals surface area contributed by atoms with Crippen molar-refractivity contribution in [3.05, 3.63) is 38.8 Å². The van der Waals surface area contributed by atoms with Crippen molar-refractivity contribution in [2.45, 2.75) is 52.9 Å². The maximum Gasteiger partial charge on any atom is 0.345 e. The number of H-pyrrole nitrogens is 1. The average Bonchev–Trinajstić information content (AvgIpc) is 2.61. The van der Waals surface area contributed by atoms with Crippen LogP contribution in [-0.4, -0.2) is 32.8 Å². The van der Waals surface area contributed by atoms with Crippen LogP contribution in [0.4, 0.5) is 0 Å². The number of nitrogens with zero attached hydrogens (tertiary/aromatic N) is 1. The third-order valence-corrected chi connectivity index (χ3v) is 5.29. The molecule has 0 bridgehead atoms. The van der Waals surface area contributed by atoms with Crippen LogP contribution in [0.2, 0.25) is 0 Å². The summed E-state index contributed by atoms with van der Waals surface area (Å²) in [6, 6.07) is 1.95. The minimum atomic E-state index is -1.45. The number of aryl methyl sites for hydroxylation is 1. The van der Waals surface area contributed by atoms with Crippen molar-refractivity contribution in [2.24, 2.45) is 5.92 Å². The summed E-state index contributed by atoms with van der Waals surface area (Å²) in [5.41, 5.74) is 1.57. The van der Waals surface area contributed by atoms with Crippen LogP contribution in [0.5, 0.6) is 11.5 Å². The predicted octanol–water partition coefficient (Wildman–Crippen LogP) is 3.62. The highest BCUT2D eigenvalue weighted by molar-refractivity contribution is 5.92. The van der Waals surface area contributed by atoms with Gasteiger partial charge in [0.15, 0.2) is 5.56 Å². The molecular formula is C21H26N2O5. The zero-order chi connectivity index (χ0) is 20.6. The van der Waals surface area contributed by atoms with Crippen molar-refractivity contribution in [3.8, 4) is 22.9 Å². The monoisotopic (exact) mass is 386 g/mol. The maximum atomic E-state index is 12.3. The number of carboxylic acids is 1. The van der Waals surface area contributed by atoms with E-state index in [-0.39, 0.29) is 11.8 Å². The molecule has 0 aromatic carbocycles. The summed E-state index contributed by atoms with van der Waals surface area (Å²) in [7, 11) is 0. The number of nitrogens with one attached hydrogen (secondary N) is 1. The zero-order valence-corrected chi connectivity index (χ0v) is 16.6. The number of aromatic amines is 1. The number of aromatic nitrogens is 2. The Morgan fingerprint density at radius 3 is 2.75 bits per heavy atom. The first kappa shape index (κ1) is 19.9. The maximum absolute atomic E-state index is 12.3. The second kappa shape index (κ2) is 7.66. The van der Waals surface area contributed by atoms with Crippen LogP contribution in [-0.2, 0) is 6.42 Å². The Morgan fingerprint density at radius 2 is 2.14 bits per heavy atom. The van der Waals surface area contributed by atoms with E-state index in [1.165, 1.54) is 0 Å². The van der Waals surface area contributed by atoms with Gasteiger partial charge < -0.3 is 19.9 Å². The van der Waals surface area contributed by atoms with Crippen molar-refractivity contribution in [1.29, 1.82) is 0 Å². The molecule has 0 aliphatic heterocycles. The largest absolute Gasteiger partial charge is 0.506 e. The minimum absolute atomic E-state index is 0.121. The SMILES string of the molecule is CCCCOc1cc2c(nc1C)-c1[nH]c(=O)c(C(=O)O)c(O)c1C(C(C)C)C2. The minimum Gasteiger partial charge on any atom is -0.506 e. The molecular weight excluding hydrogens is 360 g/mol. The molecule has 1 aliphatic rings. The quantitative estimate of drug-likeness (QED) is 0.654. The summed E-state index contributed by atoms with van der Waals surface area (Å²) >= 11 is 0. The molecule has 7 nitrogen and oxygen atoms in total. The molecule has 1 unspecified atom stereocenters. The molecule has 2 aromatic heterocycles. The summed E-state index contributed by atoms with van der Waals surface area (Å²) < 4.78 is 5.86. The van der Waals surface area contributed by atoms with Gasteiger partial charge in [0.1, 0.15) is 11.5 Å². The highest BCUT2D eigenvalue weighted by Crippen LogP contribution is 2.46. The standard InChI is InChI=1S/C21H26N2O5/c1-5-6-7-28-14-9-12-8-13(10(2)3)15-18(17(12)22-11(14)4)23-20(25)16(19(15)24)21(26)27/h9-10,13H,5-8H2,1-4H3,(H,26,27)(H2,23,24,25). The lowest BCUT2D eigenvalue weighted by Gasteiger charge is -2.31. The first-order valence-electron chi connectivity index (χ1n) is 9.62. The van der Waals surface area contributed by atoms with Gasteiger partial charge in [0.05, 0.1) is 23.7 Å². The van der Waals surface area contributed by atoms with Crippen LogP contribution in [0.1, 0.15) is 66.7 Å². The van der Waals surface area contributed by atoms with Crippen molar-refractivity contribution in [1.82, 2.24) is 9.97 Å². The number of aromatic hydroxyl groups is 1. The van der Waals surface area contributed by atoms with Gasteiger partial charge in [-0.3, -0.25) is 4.79 Å². The molecule has 1 atom stereocenters. The average molecular weight is 386 g/mol. The number of rotatable bonds is 6. The van der Waals surface area contributed by atoms with E-state index in [4.69, 9.17) is 4.74 Å². The number of hydrogen-bond donors (Lipinski definition) is 3. The summed E-state index contributed by atoms with van der Waals surface area (Å²) in [4.78, 5) is 31.1. The van der Waals surface area contributed by atoms with Gasteiger partial charge in [-0.1, -0.05) is 27.2 Å². The highest BCUT2D eigenvalue weighted by atomic mass is 16.5. The lowest BCUT2D eigenvalue weighted by Crippen LogP contribution is -2.26. The first-order valence-corrected chi connectivity index (χ1v) is 9.62. The molecule has 2 heterocycles. The summed E-state index contributed by atoms with van der Waals surface area (Å²) in [5, 5.41) is 20.0. The van der Waals surface area contributed by atoms with E-state index in [1.54, 1.807) is 0 Å². The Kier molecular flexibility index (Phi) is 5.45. The zero-order valence-electron chi connectivity index (χ0n) is 16.6. The molecule has 28 heavy (non-hydrogen) atoms. The predicted molar refractivity (Wildman–Crippen MR) is 105 cm³/mol. The molecule has 3 rings (SSSR count). The Hall–Kier alpha value is -2.83. The number of unbranched alkanes of at least 4 members (excludes halogenated alkanes) is 1. The van der Waals surface area contributed by atoms with Crippen LogP contribution in [0.25, 0.3) is 11.4 Å². The normalized spacial score (nSPS) is 15.2. The van der Waals surface area contributed by atoms with E-state index in [0.717, 1.165) is 18.4 Å². The fraction of sp³-hybridized carbons (Fsp3) is 0.476. The van der Waals surface area contributed by atoms with Crippen molar-refractivity contribution < 1.29 is 19.7 Å². The second-order valence-electron chi connectivity index (χ2n) is 7.61. The van der Waals surface area contributed by atoms with E-state index in [1.807, 2.05) is 26.8 Å². The van der Waals surface area contributed by atoms with Crippen molar-refractivity contribution in [2.75, 3.05) is 6.61 Å². The number of carbonyl (C=O) groups is 1. The van der Waals surface area contributed by atoms with Crippen molar-refractivity contribution in [3.63, 3.8) is 0 Å². The number of hydrogen-bond acceptors (Lipinski definition) is 5. The van der Waals surface area contributed by atoms with E-state index in [2.05, 4.69) is 16.9 Å². The van der Waals surface area contributed by atoms with Gasteiger partial charge in [-0.25, -0.2) is 9.78 Å². The molecule has 0 radical (unpaired) electrons. The van der Waals surface area contributed by atoms with Crippen LogP contribution in [0.15, 0.2) is 10.9 Å². The van der Waals surface area contributed by atoms with E-state index >= 15 is 0 Å². The Balaban J connectivity index is 2.21. The van der Waals surface area contributed by atoms with Gasteiger partial charge in [0.2, 0.25) is 0 Å². The number of pyridine rings is 2. The fourth-order valence-electron chi connectivity index (χ4n) is 3.73. The molecule has 0 spiro atoms. The molecule has 0 fully saturated rings. The molecule has 150 valence electrons. The highest BCUT2D eigenvalue weighted by Gasteiger charge is 2.35. The van der Waals surface area contributed by atoms with Gasteiger partial charge in [-0.05, 0) is 43.2 Å². The number of ether oxygens (including phenoxy) is 1. The van der Waals surface area contributed by atoms with Crippen LogP contribution < -0.4 is 10.3 Å². The van der Waals surface area contributed by atoms with E-state index in [9.17, 15) is 19.8 Å². The van der Waals surface area contributed by atoms with Crippen LogP contribution >= 0.6 is 0 Å². The van der Waals surface area contributed by atoms with Gasteiger partial charge in [-0.15, -0.1) is 0 Å².